The maximum Gasteiger partial charge on any atom is 0.126 e. The zero-order chi connectivity index (χ0) is 12.8. The van der Waals surface area contributed by atoms with Gasteiger partial charge in [0.1, 0.15) is 5.82 Å². The second kappa shape index (κ2) is 7.12. The molecule has 0 radical (unpaired) electrons. The van der Waals surface area contributed by atoms with Gasteiger partial charge in [-0.15, -0.1) is 0 Å². The molecule has 0 amide bonds. The van der Waals surface area contributed by atoms with Crippen molar-refractivity contribution in [3.63, 3.8) is 0 Å². The van der Waals surface area contributed by atoms with Crippen LogP contribution >= 0.6 is 23.4 Å². The molecule has 0 aliphatic rings. The first-order chi connectivity index (χ1) is 8.04. The molecule has 0 saturated heterocycles. The van der Waals surface area contributed by atoms with Gasteiger partial charge < -0.3 is 5.32 Å². The molecular formula is C13H21ClN2S. The van der Waals surface area contributed by atoms with Gasteiger partial charge in [0.05, 0.1) is 10.7 Å². The average Bonchev–Trinajstić information content (AvgIpc) is 2.29. The van der Waals surface area contributed by atoms with Crippen LogP contribution in [0.4, 0.5) is 5.82 Å². The Morgan fingerprint density at radius 3 is 2.65 bits per heavy atom. The summed E-state index contributed by atoms with van der Waals surface area (Å²) in [6.07, 6.45) is 0. The lowest BCUT2D eigenvalue weighted by molar-refractivity contribution is 0.642. The summed E-state index contributed by atoms with van der Waals surface area (Å²) in [7, 11) is 0. The van der Waals surface area contributed by atoms with E-state index in [2.05, 4.69) is 38.0 Å². The largest absolute Gasteiger partial charge is 0.370 e. The first-order valence-corrected chi connectivity index (χ1v) is 7.48. The molecule has 1 N–H and O–H groups in total. The van der Waals surface area contributed by atoms with Crippen LogP contribution in [0.15, 0.2) is 12.1 Å². The zero-order valence-electron chi connectivity index (χ0n) is 11.0. The minimum Gasteiger partial charge on any atom is -0.370 e. The van der Waals surface area contributed by atoms with E-state index < -0.39 is 0 Å². The molecule has 0 bridgehead atoms. The number of hydrogen-bond acceptors (Lipinski definition) is 3. The quantitative estimate of drug-likeness (QED) is 0.828. The molecule has 1 aromatic rings. The fraction of sp³-hybridized carbons (Fsp3) is 0.615. The molecule has 4 heteroatoms. The molecular weight excluding hydrogens is 252 g/mol. The Bertz CT molecular complexity index is 355. The number of aromatic nitrogens is 1. The van der Waals surface area contributed by atoms with E-state index in [1.54, 1.807) is 0 Å². The number of nitrogens with zero attached hydrogens (tertiary/aromatic N) is 1. The van der Waals surface area contributed by atoms with Gasteiger partial charge in [-0.1, -0.05) is 32.4 Å². The second-order valence-corrected chi connectivity index (χ2v) is 6.19. The van der Waals surface area contributed by atoms with Crippen LogP contribution in [0.5, 0.6) is 0 Å². The normalized spacial score (nSPS) is 12.8. The Hall–Kier alpha value is -0.410. The molecule has 0 spiro atoms. The first kappa shape index (κ1) is 14.7. The molecule has 1 aromatic heterocycles. The van der Waals surface area contributed by atoms with Crippen molar-refractivity contribution in [1.29, 1.82) is 0 Å². The van der Waals surface area contributed by atoms with Gasteiger partial charge in [0.15, 0.2) is 0 Å². The average molecular weight is 273 g/mol. The molecule has 0 aliphatic heterocycles. The van der Waals surface area contributed by atoms with Crippen molar-refractivity contribution in [2.75, 3.05) is 11.9 Å². The van der Waals surface area contributed by atoms with Gasteiger partial charge in [0, 0.05) is 17.5 Å². The third-order valence-electron chi connectivity index (χ3n) is 2.70. The van der Waals surface area contributed by atoms with Crippen molar-refractivity contribution in [1.82, 2.24) is 4.98 Å². The molecule has 1 atom stereocenters. The van der Waals surface area contributed by atoms with Crippen LogP contribution in [0.1, 0.15) is 33.4 Å². The lowest BCUT2D eigenvalue weighted by Crippen LogP contribution is -2.07. The van der Waals surface area contributed by atoms with Gasteiger partial charge in [-0.2, -0.15) is 11.8 Å². The Morgan fingerprint density at radius 1 is 1.35 bits per heavy atom. The van der Waals surface area contributed by atoms with Crippen molar-refractivity contribution < 1.29 is 0 Å². The first-order valence-electron chi connectivity index (χ1n) is 6.05. The molecule has 0 fully saturated rings. The van der Waals surface area contributed by atoms with E-state index in [0.717, 1.165) is 28.8 Å². The molecule has 1 rings (SSSR count). The Balaban J connectivity index is 2.66. The molecule has 1 unspecified atom stereocenters. The lowest BCUT2D eigenvalue weighted by Gasteiger charge is -2.15. The van der Waals surface area contributed by atoms with Gasteiger partial charge in [-0.05, 0) is 25.0 Å². The van der Waals surface area contributed by atoms with Gasteiger partial charge in [0.25, 0.3) is 0 Å². The third kappa shape index (κ3) is 4.76. The topological polar surface area (TPSA) is 24.9 Å². The van der Waals surface area contributed by atoms with Crippen molar-refractivity contribution in [3.8, 4) is 0 Å². The van der Waals surface area contributed by atoms with Crippen LogP contribution in [-0.2, 0) is 5.75 Å². The fourth-order valence-corrected chi connectivity index (χ4v) is 2.54. The highest BCUT2D eigenvalue weighted by atomic mass is 35.5. The van der Waals surface area contributed by atoms with Crippen LogP contribution in [0.25, 0.3) is 0 Å². The summed E-state index contributed by atoms with van der Waals surface area (Å²) in [5.41, 5.74) is 0.975. The summed E-state index contributed by atoms with van der Waals surface area (Å²) in [6.45, 7) is 9.66. The van der Waals surface area contributed by atoms with Crippen LogP contribution in [-0.4, -0.2) is 16.8 Å². The third-order valence-corrected chi connectivity index (χ3v) is 4.55. The second-order valence-electron chi connectivity index (χ2n) is 4.42. The minimum atomic E-state index is 0.621. The maximum atomic E-state index is 6.16. The lowest BCUT2D eigenvalue weighted by atomic mass is 10.2. The smallest absolute Gasteiger partial charge is 0.126 e. The maximum absolute atomic E-state index is 6.16. The van der Waals surface area contributed by atoms with E-state index in [9.17, 15) is 0 Å². The van der Waals surface area contributed by atoms with Crippen LogP contribution in [0.3, 0.4) is 0 Å². The van der Waals surface area contributed by atoms with E-state index in [1.807, 2.05) is 23.9 Å². The highest BCUT2D eigenvalue weighted by molar-refractivity contribution is 7.99. The predicted octanol–water partition coefficient (Wildman–Crippen LogP) is 4.44. The number of anilines is 1. The number of nitrogens with one attached hydrogen (secondary N) is 1. The monoisotopic (exact) mass is 272 g/mol. The Labute approximate surface area is 114 Å². The van der Waals surface area contributed by atoms with E-state index >= 15 is 0 Å². The molecule has 17 heavy (non-hydrogen) atoms. The number of rotatable bonds is 6. The standard InChI is InChI=1S/C13H21ClN2S/c1-5-15-13-7-6-11(14)12(16-13)8-17-10(4)9(2)3/h6-7,9-10H,5,8H2,1-4H3,(H,15,16). The van der Waals surface area contributed by atoms with Gasteiger partial charge in [-0.25, -0.2) is 4.98 Å². The Morgan fingerprint density at radius 2 is 2.06 bits per heavy atom. The Kier molecular flexibility index (Phi) is 6.14. The van der Waals surface area contributed by atoms with Gasteiger partial charge in [0.2, 0.25) is 0 Å². The molecule has 0 saturated carbocycles. The molecule has 2 nitrogen and oxygen atoms in total. The van der Waals surface area contributed by atoms with E-state index in [1.165, 1.54) is 0 Å². The van der Waals surface area contributed by atoms with Crippen LogP contribution in [0.2, 0.25) is 5.02 Å². The summed E-state index contributed by atoms with van der Waals surface area (Å²) in [5.74, 6) is 2.46. The zero-order valence-corrected chi connectivity index (χ0v) is 12.5. The van der Waals surface area contributed by atoms with Gasteiger partial charge in [-0.3, -0.25) is 0 Å². The number of thioether (sulfide) groups is 1. The van der Waals surface area contributed by atoms with Crippen molar-refractivity contribution in [3.05, 3.63) is 22.8 Å². The van der Waals surface area contributed by atoms with E-state index in [0.29, 0.717) is 11.2 Å². The molecule has 0 aromatic carbocycles. The summed E-state index contributed by atoms with van der Waals surface area (Å²) >= 11 is 8.06. The summed E-state index contributed by atoms with van der Waals surface area (Å²) < 4.78 is 0. The fourth-order valence-electron chi connectivity index (χ4n) is 1.27. The van der Waals surface area contributed by atoms with Crippen molar-refractivity contribution >= 4 is 29.2 Å². The summed E-state index contributed by atoms with van der Waals surface area (Å²) in [4.78, 5) is 4.53. The molecule has 1 heterocycles. The van der Waals surface area contributed by atoms with E-state index in [-0.39, 0.29) is 0 Å². The highest BCUT2D eigenvalue weighted by Gasteiger charge is 2.10. The highest BCUT2D eigenvalue weighted by Crippen LogP contribution is 2.26. The van der Waals surface area contributed by atoms with Gasteiger partial charge >= 0.3 is 0 Å². The number of halogens is 1. The summed E-state index contributed by atoms with van der Waals surface area (Å²) in [5, 5.41) is 4.59. The number of pyridine rings is 1. The minimum absolute atomic E-state index is 0.621. The number of hydrogen-bond donors (Lipinski definition) is 1. The van der Waals surface area contributed by atoms with Crippen LogP contribution < -0.4 is 5.32 Å². The summed E-state index contributed by atoms with van der Waals surface area (Å²) in [6, 6.07) is 3.84. The van der Waals surface area contributed by atoms with Crippen LogP contribution in [0, 0.1) is 5.92 Å². The van der Waals surface area contributed by atoms with Crippen molar-refractivity contribution in [2.45, 2.75) is 38.7 Å². The van der Waals surface area contributed by atoms with Crippen molar-refractivity contribution in [2.24, 2.45) is 5.92 Å². The SMILES string of the molecule is CCNc1ccc(Cl)c(CSC(C)C(C)C)n1. The van der Waals surface area contributed by atoms with E-state index in [4.69, 9.17) is 11.6 Å². The predicted molar refractivity (Wildman–Crippen MR) is 79.0 cm³/mol. The molecule has 96 valence electrons. The molecule has 0 aliphatic carbocycles.